The SMILES string of the molecule is CCc1ccc(OCC(=O)N(Cc2ccc(Br)cc2)[C@H](Cc2ccccc2)C(=O)NC(C)C)cc1. The summed E-state index contributed by atoms with van der Waals surface area (Å²) in [5, 5.41) is 3.00. The van der Waals surface area contributed by atoms with Gasteiger partial charge < -0.3 is 15.0 Å². The van der Waals surface area contributed by atoms with E-state index >= 15 is 0 Å². The zero-order valence-electron chi connectivity index (χ0n) is 20.5. The van der Waals surface area contributed by atoms with E-state index in [2.05, 4.69) is 28.2 Å². The second kappa shape index (κ2) is 13.1. The van der Waals surface area contributed by atoms with Crippen LogP contribution in [0.5, 0.6) is 5.75 Å². The van der Waals surface area contributed by atoms with E-state index in [0.29, 0.717) is 18.7 Å². The van der Waals surface area contributed by atoms with Gasteiger partial charge in [0.05, 0.1) is 0 Å². The van der Waals surface area contributed by atoms with E-state index in [0.717, 1.165) is 22.0 Å². The lowest BCUT2D eigenvalue weighted by Crippen LogP contribution is -2.52. The van der Waals surface area contributed by atoms with Gasteiger partial charge in [0.1, 0.15) is 11.8 Å². The normalized spacial score (nSPS) is 11.7. The highest BCUT2D eigenvalue weighted by Crippen LogP contribution is 2.18. The van der Waals surface area contributed by atoms with E-state index in [4.69, 9.17) is 4.74 Å². The van der Waals surface area contributed by atoms with Gasteiger partial charge in [-0.15, -0.1) is 0 Å². The summed E-state index contributed by atoms with van der Waals surface area (Å²) in [6.07, 6.45) is 1.35. The van der Waals surface area contributed by atoms with Gasteiger partial charge in [0.2, 0.25) is 5.91 Å². The molecule has 1 N–H and O–H groups in total. The van der Waals surface area contributed by atoms with Crippen molar-refractivity contribution in [2.24, 2.45) is 0 Å². The molecule has 0 aliphatic carbocycles. The lowest BCUT2D eigenvalue weighted by molar-refractivity contribution is -0.143. The summed E-state index contributed by atoms with van der Waals surface area (Å²) in [6.45, 7) is 6.08. The zero-order valence-corrected chi connectivity index (χ0v) is 22.1. The van der Waals surface area contributed by atoms with E-state index in [9.17, 15) is 9.59 Å². The maximum Gasteiger partial charge on any atom is 0.261 e. The molecule has 3 rings (SSSR count). The molecule has 0 aliphatic heterocycles. The number of halogens is 1. The van der Waals surface area contributed by atoms with Crippen molar-refractivity contribution in [3.63, 3.8) is 0 Å². The molecule has 3 aromatic carbocycles. The summed E-state index contributed by atoms with van der Waals surface area (Å²) in [7, 11) is 0. The van der Waals surface area contributed by atoms with Gasteiger partial charge in [-0.2, -0.15) is 0 Å². The van der Waals surface area contributed by atoms with Crippen molar-refractivity contribution in [2.45, 2.75) is 52.2 Å². The van der Waals surface area contributed by atoms with Crippen LogP contribution in [0, 0.1) is 0 Å². The smallest absolute Gasteiger partial charge is 0.261 e. The highest BCUT2D eigenvalue weighted by Gasteiger charge is 2.31. The number of nitrogens with zero attached hydrogens (tertiary/aromatic N) is 1. The van der Waals surface area contributed by atoms with E-state index in [1.807, 2.05) is 92.7 Å². The molecule has 0 saturated heterocycles. The van der Waals surface area contributed by atoms with Crippen molar-refractivity contribution in [3.05, 3.63) is 100 Å². The van der Waals surface area contributed by atoms with Gasteiger partial charge >= 0.3 is 0 Å². The first-order valence-electron chi connectivity index (χ1n) is 12.0. The quantitative estimate of drug-likeness (QED) is 0.349. The van der Waals surface area contributed by atoms with Crippen molar-refractivity contribution in [3.8, 4) is 5.75 Å². The maximum absolute atomic E-state index is 13.5. The van der Waals surface area contributed by atoms with E-state index in [1.165, 1.54) is 5.56 Å². The van der Waals surface area contributed by atoms with Crippen molar-refractivity contribution in [1.82, 2.24) is 10.2 Å². The Bertz CT molecular complexity index is 1080. The predicted octanol–water partition coefficient (Wildman–Crippen LogP) is 5.56. The van der Waals surface area contributed by atoms with Crippen LogP contribution in [0.1, 0.15) is 37.5 Å². The van der Waals surface area contributed by atoms with E-state index in [1.54, 1.807) is 4.90 Å². The molecule has 0 aromatic heterocycles. The van der Waals surface area contributed by atoms with Crippen molar-refractivity contribution in [2.75, 3.05) is 6.61 Å². The number of rotatable bonds is 11. The molecule has 0 saturated carbocycles. The number of hydrogen-bond donors (Lipinski definition) is 1. The molecular weight excluding hydrogens is 504 g/mol. The Morgan fingerprint density at radius 3 is 2.11 bits per heavy atom. The highest BCUT2D eigenvalue weighted by atomic mass is 79.9. The molecule has 0 aliphatic rings. The van der Waals surface area contributed by atoms with Crippen LogP contribution in [0.25, 0.3) is 0 Å². The molecule has 3 aromatic rings. The van der Waals surface area contributed by atoms with Gasteiger partial charge in [0.25, 0.3) is 5.91 Å². The number of carbonyl (C=O) groups is 2. The molecule has 0 heterocycles. The van der Waals surface area contributed by atoms with Gasteiger partial charge in [-0.05, 0) is 61.2 Å². The van der Waals surface area contributed by atoms with Crippen molar-refractivity contribution < 1.29 is 14.3 Å². The van der Waals surface area contributed by atoms with Crippen LogP contribution >= 0.6 is 15.9 Å². The topological polar surface area (TPSA) is 58.6 Å². The Labute approximate surface area is 216 Å². The van der Waals surface area contributed by atoms with Crippen LogP contribution in [-0.2, 0) is 29.0 Å². The van der Waals surface area contributed by atoms with Gasteiger partial charge in [-0.1, -0.05) is 77.5 Å². The number of ether oxygens (including phenoxy) is 1. The fraction of sp³-hybridized carbons (Fsp3) is 0.310. The number of nitrogens with one attached hydrogen (secondary N) is 1. The Morgan fingerprint density at radius 2 is 1.51 bits per heavy atom. The van der Waals surface area contributed by atoms with Crippen molar-refractivity contribution >= 4 is 27.7 Å². The van der Waals surface area contributed by atoms with Crippen LogP contribution in [0.3, 0.4) is 0 Å². The fourth-order valence-corrected chi connectivity index (χ4v) is 4.03. The molecule has 2 amide bonds. The summed E-state index contributed by atoms with van der Waals surface area (Å²) in [5.41, 5.74) is 3.12. The van der Waals surface area contributed by atoms with Crippen molar-refractivity contribution in [1.29, 1.82) is 0 Å². The van der Waals surface area contributed by atoms with Crippen LogP contribution in [0.15, 0.2) is 83.3 Å². The van der Waals surface area contributed by atoms with E-state index in [-0.39, 0.29) is 24.5 Å². The lowest BCUT2D eigenvalue weighted by atomic mass is 10.0. The number of benzene rings is 3. The molecule has 5 nitrogen and oxygen atoms in total. The second-order valence-corrected chi connectivity index (χ2v) is 9.72. The van der Waals surface area contributed by atoms with Gasteiger partial charge in [-0.3, -0.25) is 9.59 Å². The summed E-state index contributed by atoms with van der Waals surface area (Å²) in [6, 6.07) is 24.6. The molecule has 1 atom stereocenters. The third-order valence-corrected chi connectivity index (χ3v) is 6.19. The number of carbonyl (C=O) groups excluding carboxylic acids is 2. The average molecular weight is 537 g/mol. The Kier molecular flexibility index (Phi) is 9.91. The first-order valence-corrected chi connectivity index (χ1v) is 12.7. The van der Waals surface area contributed by atoms with Crippen LogP contribution in [0.2, 0.25) is 0 Å². The minimum absolute atomic E-state index is 0.0428. The highest BCUT2D eigenvalue weighted by molar-refractivity contribution is 9.10. The number of hydrogen-bond acceptors (Lipinski definition) is 3. The molecule has 0 fully saturated rings. The molecular formula is C29H33BrN2O3. The number of amides is 2. The van der Waals surface area contributed by atoms with E-state index < -0.39 is 6.04 Å². The lowest BCUT2D eigenvalue weighted by Gasteiger charge is -2.32. The van der Waals surface area contributed by atoms with Gasteiger partial charge in [0, 0.05) is 23.5 Å². The molecule has 6 heteroatoms. The zero-order chi connectivity index (χ0) is 25.2. The molecule has 0 unspecified atom stereocenters. The third-order valence-electron chi connectivity index (χ3n) is 5.66. The average Bonchev–Trinajstić information content (AvgIpc) is 2.86. The minimum Gasteiger partial charge on any atom is -0.484 e. The predicted molar refractivity (Wildman–Crippen MR) is 143 cm³/mol. The summed E-state index contributed by atoms with van der Waals surface area (Å²) >= 11 is 3.46. The summed E-state index contributed by atoms with van der Waals surface area (Å²) in [5.74, 6) is 0.208. The van der Waals surface area contributed by atoms with Gasteiger partial charge in [-0.25, -0.2) is 0 Å². The maximum atomic E-state index is 13.5. The molecule has 0 radical (unpaired) electrons. The number of aryl methyl sites for hydroxylation is 1. The first-order chi connectivity index (χ1) is 16.9. The molecule has 35 heavy (non-hydrogen) atoms. The Morgan fingerprint density at radius 1 is 0.886 bits per heavy atom. The monoisotopic (exact) mass is 536 g/mol. The standard InChI is InChI=1S/C29H33BrN2O3/c1-4-22-12-16-26(17-13-22)35-20-28(33)32(19-24-10-14-25(30)15-11-24)27(29(34)31-21(2)3)18-23-8-6-5-7-9-23/h5-17,21,27H,4,18-20H2,1-3H3,(H,31,34)/t27-/m1/s1. The Hall–Kier alpha value is -3.12. The molecule has 0 bridgehead atoms. The fourth-order valence-electron chi connectivity index (χ4n) is 3.77. The first kappa shape index (κ1) is 26.5. The summed E-state index contributed by atoms with van der Waals surface area (Å²) in [4.78, 5) is 28.5. The van der Waals surface area contributed by atoms with Crippen LogP contribution in [-0.4, -0.2) is 35.4 Å². The third kappa shape index (κ3) is 8.25. The molecule has 184 valence electrons. The van der Waals surface area contributed by atoms with Gasteiger partial charge in [0.15, 0.2) is 6.61 Å². The largest absolute Gasteiger partial charge is 0.484 e. The Balaban J connectivity index is 1.87. The summed E-state index contributed by atoms with van der Waals surface area (Å²) < 4.78 is 6.79. The van der Waals surface area contributed by atoms with Crippen LogP contribution in [0.4, 0.5) is 0 Å². The molecule has 0 spiro atoms. The second-order valence-electron chi connectivity index (χ2n) is 8.80. The minimum atomic E-state index is -0.679. The van der Waals surface area contributed by atoms with Crippen LogP contribution < -0.4 is 10.1 Å².